The Morgan fingerprint density at radius 3 is 2.48 bits per heavy atom. The summed E-state index contributed by atoms with van der Waals surface area (Å²) in [7, 11) is 3.80. The lowest BCUT2D eigenvalue weighted by molar-refractivity contribution is -0.129. The average Bonchev–Trinajstić information content (AvgIpc) is 3.28. The predicted octanol–water partition coefficient (Wildman–Crippen LogP) is 1.83. The summed E-state index contributed by atoms with van der Waals surface area (Å²) in [6, 6.07) is 7.84. The van der Waals surface area contributed by atoms with Gasteiger partial charge in [0.1, 0.15) is 12.1 Å². The van der Waals surface area contributed by atoms with Crippen molar-refractivity contribution in [1.29, 1.82) is 0 Å². The van der Waals surface area contributed by atoms with Crippen LogP contribution in [-0.2, 0) is 4.79 Å². The van der Waals surface area contributed by atoms with Gasteiger partial charge < -0.3 is 24.7 Å². The quantitative estimate of drug-likeness (QED) is 0.518. The number of amides is 2. The van der Waals surface area contributed by atoms with Crippen LogP contribution in [0.15, 0.2) is 34.7 Å². The van der Waals surface area contributed by atoms with E-state index in [4.69, 9.17) is 9.15 Å². The molecular formula is C23H31N5O5. The standard InChI is InChI=1S/C23H31N5O5/c1-16(18(29)20-26-27-22(33-20)32-15-14-28(2)3)24-21(31)23(12-8-5-9-13-23)25-19(30)17-10-6-4-7-11-17/h4,6-7,10-11,16H,5,8-9,12-15H2,1-3H3,(H,24,31)(H,25,30). The van der Waals surface area contributed by atoms with E-state index in [-0.39, 0.29) is 17.9 Å². The van der Waals surface area contributed by atoms with Crippen molar-refractivity contribution in [2.24, 2.45) is 0 Å². The first-order chi connectivity index (χ1) is 15.8. The lowest BCUT2D eigenvalue weighted by Gasteiger charge is -2.37. The number of hydrogen-bond acceptors (Lipinski definition) is 8. The Kier molecular flexibility index (Phi) is 8.16. The molecule has 1 heterocycles. The van der Waals surface area contributed by atoms with E-state index < -0.39 is 23.3 Å². The van der Waals surface area contributed by atoms with Gasteiger partial charge in [-0.2, -0.15) is 0 Å². The fraction of sp³-hybridized carbons (Fsp3) is 0.522. The number of nitrogens with one attached hydrogen (secondary N) is 2. The van der Waals surface area contributed by atoms with Crippen molar-refractivity contribution in [3.63, 3.8) is 0 Å². The monoisotopic (exact) mass is 457 g/mol. The van der Waals surface area contributed by atoms with Crippen LogP contribution in [0, 0.1) is 0 Å². The van der Waals surface area contributed by atoms with E-state index in [2.05, 4.69) is 20.8 Å². The topological polar surface area (TPSA) is 127 Å². The molecule has 0 aliphatic heterocycles. The normalized spacial score (nSPS) is 16.1. The molecule has 0 spiro atoms. The number of aromatic nitrogens is 2. The lowest BCUT2D eigenvalue weighted by atomic mass is 9.80. The number of hydrogen-bond donors (Lipinski definition) is 2. The van der Waals surface area contributed by atoms with Crippen LogP contribution in [0.5, 0.6) is 6.08 Å². The van der Waals surface area contributed by atoms with Crippen LogP contribution in [0.25, 0.3) is 0 Å². The zero-order valence-corrected chi connectivity index (χ0v) is 19.3. The van der Waals surface area contributed by atoms with Crippen LogP contribution in [0.4, 0.5) is 0 Å². The molecule has 1 atom stereocenters. The molecule has 2 aromatic rings. The number of carbonyl (C=O) groups excluding carboxylic acids is 3. The number of benzene rings is 1. The van der Waals surface area contributed by atoms with E-state index in [0.717, 1.165) is 19.3 Å². The minimum Gasteiger partial charge on any atom is -0.448 e. The van der Waals surface area contributed by atoms with Crippen LogP contribution in [0.2, 0.25) is 0 Å². The molecule has 1 fully saturated rings. The molecule has 178 valence electrons. The molecule has 1 unspecified atom stereocenters. The van der Waals surface area contributed by atoms with Crippen molar-refractivity contribution in [2.75, 3.05) is 27.2 Å². The summed E-state index contributed by atoms with van der Waals surface area (Å²) < 4.78 is 10.6. The summed E-state index contributed by atoms with van der Waals surface area (Å²) >= 11 is 0. The number of Topliss-reactive ketones (excluding diaryl/α,β-unsaturated/α-hetero) is 1. The summed E-state index contributed by atoms with van der Waals surface area (Å²) in [6.45, 7) is 2.53. The number of likely N-dealkylation sites (N-methyl/N-ethyl adjacent to an activating group) is 1. The third kappa shape index (κ3) is 6.38. The van der Waals surface area contributed by atoms with Crippen LogP contribution in [0.3, 0.4) is 0 Å². The Labute approximate surface area is 193 Å². The third-order valence-electron chi connectivity index (χ3n) is 5.65. The summed E-state index contributed by atoms with van der Waals surface area (Å²) in [6.07, 6.45) is 3.51. The molecule has 2 N–H and O–H groups in total. The maximum Gasteiger partial charge on any atom is 0.415 e. The van der Waals surface area contributed by atoms with Crippen molar-refractivity contribution in [3.8, 4) is 6.08 Å². The summed E-state index contributed by atoms with van der Waals surface area (Å²) in [5.41, 5.74) is -0.596. The number of ketones is 1. The predicted molar refractivity (Wildman–Crippen MR) is 120 cm³/mol. The van der Waals surface area contributed by atoms with Gasteiger partial charge in [-0.15, -0.1) is 5.10 Å². The first-order valence-corrected chi connectivity index (χ1v) is 11.1. The van der Waals surface area contributed by atoms with Crippen molar-refractivity contribution in [2.45, 2.75) is 50.6 Å². The zero-order valence-electron chi connectivity index (χ0n) is 19.3. The fourth-order valence-electron chi connectivity index (χ4n) is 3.71. The van der Waals surface area contributed by atoms with Gasteiger partial charge in [0.15, 0.2) is 0 Å². The molecule has 0 bridgehead atoms. The first-order valence-electron chi connectivity index (χ1n) is 11.1. The molecule has 1 saturated carbocycles. The highest BCUT2D eigenvalue weighted by Crippen LogP contribution is 2.29. The zero-order chi connectivity index (χ0) is 23.8. The molecule has 2 amide bonds. The fourth-order valence-corrected chi connectivity index (χ4v) is 3.71. The maximum absolute atomic E-state index is 13.3. The largest absolute Gasteiger partial charge is 0.448 e. The lowest BCUT2D eigenvalue weighted by Crippen LogP contribution is -2.61. The molecule has 0 saturated heterocycles. The van der Waals surface area contributed by atoms with Crippen LogP contribution in [0.1, 0.15) is 60.1 Å². The Morgan fingerprint density at radius 2 is 1.82 bits per heavy atom. The Balaban J connectivity index is 1.64. The summed E-state index contributed by atoms with van der Waals surface area (Å²) in [4.78, 5) is 40.7. The van der Waals surface area contributed by atoms with E-state index in [9.17, 15) is 14.4 Å². The van der Waals surface area contributed by atoms with Gasteiger partial charge in [-0.3, -0.25) is 14.4 Å². The minimum atomic E-state index is -1.07. The molecule has 3 rings (SSSR count). The highest BCUT2D eigenvalue weighted by molar-refractivity contribution is 6.02. The second kappa shape index (κ2) is 11.0. The Hall–Kier alpha value is -3.27. The molecule has 1 aromatic heterocycles. The number of ether oxygens (including phenoxy) is 1. The van der Waals surface area contributed by atoms with E-state index in [1.165, 1.54) is 0 Å². The van der Waals surface area contributed by atoms with Crippen LogP contribution >= 0.6 is 0 Å². The van der Waals surface area contributed by atoms with Gasteiger partial charge in [0, 0.05) is 12.1 Å². The SMILES string of the molecule is CC(NC(=O)C1(NC(=O)c2ccccc2)CCCCC1)C(=O)c1nnc(OCCN(C)C)o1. The van der Waals surface area contributed by atoms with Gasteiger partial charge in [0.05, 0.1) is 6.04 Å². The maximum atomic E-state index is 13.3. The van der Waals surface area contributed by atoms with Gasteiger partial charge in [-0.05, 0) is 46.0 Å². The average molecular weight is 458 g/mol. The van der Waals surface area contributed by atoms with Gasteiger partial charge >= 0.3 is 6.08 Å². The van der Waals surface area contributed by atoms with Gasteiger partial charge in [0.2, 0.25) is 11.7 Å². The van der Waals surface area contributed by atoms with Crippen molar-refractivity contribution >= 4 is 17.6 Å². The molecule has 0 radical (unpaired) electrons. The van der Waals surface area contributed by atoms with E-state index in [0.29, 0.717) is 31.6 Å². The van der Waals surface area contributed by atoms with Crippen molar-refractivity contribution < 1.29 is 23.5 Å². The van der Waals surface area contributed by atoms with Gasteiger partial charge in [-0.25, -0.2) is 0 Å². The number of carbonyl (C=O) groups is 3. The van der Waals surface area contributed by atoms with Gasteiger partial charge in [0.25, 0.3) is 11.8 Å². The molecule has 1 aromatic carbocycles. The van der Waals surface area contributed by atoms with Crippen molar-refractivity contribution in [3.05, 3.63) is 41.8 Å². The first kappa shape index (κ1) is 24.4. The number of nitrogens with zero attached hydrogens (tertiary/aromatic N) is 3. The molecule has 10 nitrogen and oxygen atoms in total. The molecule has 1 aliphatic carbocycles. The van der Waals surface area contributed by atoms with E-state index in [1.807, 2.05) is 25.1 Å². The molecule has 1 aliphatic rings. The van der Waals surface area contributed by atoms with Crippen molar-refractivity contribution in [1.82, 2.24) is 25.7 Å². The van der Waals surface area contributed by atoms with E-state index >= 15 is 0 Å². The van der Waals surface area contributed by atoms with Crippen LogP contribution < -0.4 is 15.4 Å². The second-order valence-corrected chi connectivity index (χ2v) is 8.55. The summed E-state index contributed by atoms with van der Waals surface area (Å²) in [5, 5.41) is 13.1. The Morgan fingerprint density at radius 1 is 1.12 bits per heavy atom. The van der Waals surface area contributed by atoms with Gasteiger partial charge in [-0.1, -0.05) is 42.6 Å². The molecule has 33 heavy (non-hydrogen) atoms. The van der Waals surface area contributed by atoms with E-state index in [1.54, 1.807) is 31.2 Å². The molecule has 10 heteroatoms. The highest BCUT2D eigenvalue weighted by atomic mass is 16.6. The Bertz CT molecular complexity index is 953. The number of rotatable bonds is 10. The second-order valence-electron chi connectivity index (χ2n) is 8.55. The highest BCUT2D eigenvalue weighted by Gasteiger charge is 2.42. The smallest absolute Gasteiger partial charge is 0.415 e. The molecular weight excluding hydrogens is 426 g/mol. The van der Waals surface area contributed by atoms with Crippen LogP contribution in [-0.4, -0.2) is 71.5 Å². The summed E-state index contributed by atoms with van der Waals surface area (Å²) in [5.74, 6) is -1.48. The third-order valence-corrected chi connectivity index (χ3v) is 5.65. The minimum absolute atomic E-state index is 0.0994.